The Bertz CT molecular complexity index is 1160. The Hall–Kier alpha value is -3.52. The Morgan fingerprint density at radius 2 is 1.74 bits per heavy atom. The van der Waals surface area contributed by atoms with Crippen LogP contribution in [0.3, 0.4) is 0 Å². The molecule has 2 aromatic carbocycles. The van der Waals surface area contributed by atoms with Crippen molar-refractivity contribution in [3.05, 3.63) is 59.2 Å². The van der Waals surface area contributed by atoms with Crippen LogP contribution in [0.1, 0.15) is 63.1 Å². The molecule has 1 aliphatic rings. The van der Waals surface area contributed by atoms with Crippen LogP contribution in [0.4, 0.5) is 0 Å². The third-order valence-electron chi connectivity index (χ3n) is 6.63. The number of benzene rings is 2. The van der Waals surface area contributed by atoms with Gasteiger partial charge in [0.05, 0.1) is 31.9 Å². The first-order chi connectivity index (χ1) is 18.8. The molecule has 0 aliphatic carbocycles. The van der Waals surface area contributed by atoms with Gasteiger partial charge in [0.2, 0.25) is 0 Å². The highest BCUT2D eigenvalue weighted by molar-refractivity contribution is 6.46. The first-order valence-corrected chi connectivity index (χ1v) is 13.8. The minimum atomic E-state index is -0.768. The van der Waals surface area contributed by atoms with Crippen molar-refractivity contribution in [3.8, 4) is 17.2 Å². The number of Topliss-reactive ketones (excluding diaryl/α,β-unsaturated/α-hetero) is 1. The number of hydrogen-bond donors (Lipinski definition) is 1. The molecule has 1 N–H and O–H groups in total. The fraction of sp³-hybridized carbons (Fsp3) is 0.484. The Kier molecular flexibility index (Phi) is 11.2. The lowest BCUT2D eigenvalue weighted by atomic mass is 9.95. The summed E-state index contributed by atoms with van der Waals surface area (Å²) in [4.78, 5) is 30.2. The van der Waals surface area contributed by atoms with Crippen LogP contribution in [0.5, 0.6) is 17.2 Å². The Balaban J connectivity index is 2.05. The highest BCUT2D eigenvalue weighted by Crippen LogP contribution is 2.42. The van der Waals surface area contributed by atoms with Crippen LogP contribution >= 0.6 is 0 Å². The van der Waals surface area contributed by atoms with E-state index in [0.29, 0.717) is 54.6 Å². The predicted molar refractivity (Wildman–Crippen MR) is 152 cm³/mol. The van der Waals surface area contributed by atoms with Crippen molar-refractivity contribution in [2.24, 2.45) is 0 Å². The summed E-state index contributed by atoms with van der Waals surface area (Å²) in [7, 11) is 5.49. The van der Waals surface area contributed by atoms with E-state index in [1.54, 1.807) is 48.4 Å². The van der Waals surface area contributed by atoms with E-state index in [1.807, 2.05) is 32.0 Å². The average Bonchev–Trinajstić information content (AvgIpc) is 3.18. The topological polar surface area (TPSA) is 88.5 Å². The van der Waals surface area contributed by atoms with Crippen LogP contribution in [0.25, 0.3) is 5.76 Å². The van der Waals surface area contributed by atoms with E-state index in [2.05, 4.69) is 6.92 Å². The molecule has 1 saturated heterocycles. The quantitative estimate of drug-likeness (QED) is 0.140. The number of likely N-dealkylation sites (tertiary alicyclic amines) is 1. The molecule has 8 nitrogen and oxygen atoms in total. The van der Waals surface area contributed by atoms with Crippen molar-refractivity contribution in [2.75, 3.05) is 47.5 Å². The summed E-state index contributed by atoms with van der Waals surface area (Å²) in [5, 5.41) is 11.4. The van der Waals surface area contributed by atoms with Crippen LogP contribution in [-0.2, 0) is 9.59 Å². The van der Waals surface area contributed by atoms with Gasteiger partial charge in [0.1, 0.15) is 11.5 Å². The van der Waals surface area contributed by atoms with Crippen LogP contribution in [0.2, 0.25) is 0 Å². The summed E-state index contributed by atoms with van der Waals surface area (Å²) in [6, 6.07) is 11.6. The van der Waals surface area contributed by atoms with E-state index in [1.165, 1.54) is 0 Å². The molecule has 2 aromatic rings. The number of aliphatic hydroxyl groups is 1. The van der Waals surface area contributed by atoms with Gasteiger partial charge in [-0.3, -0.25) is 9.59 Å². The smallest absolute Gasteiger partial charge is 0.295 e. The summed E-state index contributed by atoms with van der Waals surface area (Å²) >= 11 is 0. The number of nitrogens with zero attached hydrogens (tertiary/aromatic N) is 2. The van der Waals surface area contributed by atoms with Gasteiger partial charge < -0.3 is 29.1 Å². The molecule has 0 aromatic heterocycles. The second-order valence-corrected chi connectivity index (χ2v) is 9.99. The molecule has 1 aliphatic heterocycles. The molecule has 1 amide bonds. The van der Waals surface area contributed by atoms with Crippen molar-refractivity contribution < 1.29 is 28.9 Å². The van der Waals surface area contributed by atoms with E-state index in [-0.39, 0.29) is 11.3 Å². The molecular weight excluding hydrogens is 496 g/mol. The molecule has 8 heteroatoms. The molecule has 0 saturated carbocycles. The van der Waals surface area contributed by atoms with Gasteiger partial charge in [0, 0.05) is 12.1 Å². The summed E-state index contributed by atoms with van der Waals surface area (Å²) in [6.07, 6.45) is 4.63. The maximum Gasteiger partial charge on any atom is 0.295 e. The van der Waals surface area contributed by atoms with Gasteiger partial charge in [-0.2, -0.15) is 0 Å². The largest absolute Gasteiger partial charge is 0.507 e. The Morgan fingerprint density at radius 3 is 2.44 bits per heavy atom. The SMILES string of the molecule is CCCCCOc1ccc(C2C(=C(O)c3cccc(OCCC)c3)C(=O)C(=O)N2CCCN(C)C)cc1OC. The number of carbonyl (C=O) groups excluding carboxylic acids is 2. The highest BCUT2D eigenvalue weighted by Gasteiger charge is 2.46. The molecule has 1 fully saturated rings. The summed E-state index contributed by atoms with van der Waals surface area (Å²) in [5.41, 5.74) is 1.13. The predicted octanol–water partition coefficient (Wildman–Crippen LogP) is 5.43. The summed E-state index contributed by atoms with van der Waals surface area (Å²) < 4.78 is 17.3. The number of unbranched alkanes of at least 4 members (excludes halogenated alkanes) is 2. The first-order valence-electron chi connectivity index (χ1n) is 13.8. The lowest BCUT2D eigenvalue weighted by Crippen LogP contribution is -2.32. The normalized spacial score (nSPS) is 16.7. The Morgan fingerprint density at radius 1 is 0.949 bits per heavy atom. The molecule has 0 radical (unpaired) electrons. The van der Waals surface area contributed by atoms with Gasteiger partial charge in [0.25, 0.3) is 11.7 Å². The van der Waals surface area contributed by atoms with Crippen LogP contribution in [-0.4, -0.2) is 74.1 Å². The number of carbonyl (C=O) groups is 2. The molecule has 1 heterocycles. The van der Waals surface area contributed by atoms with E-state index >= 15 is 0 Å². The number of hydrogen-bond acceptors (Lipinski definition) is 7. The molecule has 1 unspecified atom stereocenters. The minimum absolute atomic E-state index is 0.0520. The van der Waals surface area contributed by atoms with Crippen molar-refractivity contribution in [1.29, 1.82) is 0 Å². The maximum absolute atomic E-state index is 13.4. The maximum atomic E-state index is 13.4. The second-order valence-electron chi connectivity index (χ2n) is 9.99. The second kappa shape index (κ2) is 14.6. The monoisotopic (exact) mass is 538 g/mol. The van der Waals surface area contributed by atoms with Crippen molar-refractivity contribution in [1.82, 2.24) is 9.80 Å². The van der Waals surface area contributed by atoms with Crippen LogP contribution < -0.4 is 14.2 Å². The van der Waals surface area contributed by atoms with Gasteiger partial charge in [-0.05, 0) is 69.7 Å². The molecule has 3 rings (SSSR count). The number of amides is 1. The summed E-state index contributed by atoms with van der Waals surface area (Å²) in [5.74, 6) is 0.136. The number of ether oxygens (including phenoxy) is 3. The summed E-state index contributed by atoms with van der Waals surface area (Å²) in [6.45, 7) is 6.37. The number of ketones is 1. The van der Waals surface area contributed by atoms with E-state index in [0.717, 1.165) is 32.2 Å². The van der Waals surface area contributed by atoms with Crippen LogP contribution in [0, 0.1) is 0 Å². The zero-order valence-corrected chi connectivity index (χ0v) is 23.9. The van der Waals surface area contributed by atoms with E-state index in [9.17, 15) is 14.7 Å². The standard InChI is InChI=1S/C31H42N2O6/c1-6-8-9-19-39-25-15-14-22(21-26(25)37-5)28-27(30(35)31(36)33(28)17-11-16-32(3)4)29(34)23-12-10-13-24(20-23)38-18-7-2/h10,12-15,20-21,28,34H,6-9,11,16-19H2,1-5H3. The highest BCUT2D eigenvalue weighted by atomic mass is 16.5. The third-order valence-corrected chi connectivity index (χ3v) is 6.63. The molecule has 0 spiro atoms. The number of rotatable bonds is 15. The molecule has 39 heavy (non-hydrogen) atoms. The zero-order valence-electron chi connectivity index (χ0n) is 23.9. The molecular formula is C31H42N2O6. The fourth-order valence-electron chi connectivity index (χ4n) is 4.63. The van der Waals surface area contributed by atoms with Crippen molar-refractivity contribution in [2.45, 2.75) is 52.0 Å². The van der Waals surface area contributed by atoms with Crippen molar-refractivity contribution in [3.63, 3.8) is 0 Å². The Labute approximate surface area is 232 Å². The molecule has 212 valence electrons. The first kappa shape index (κ1) is 30.0. The van der Waals surface area contributed by atoms with Gasteiger partial charge in [0.15, 0.2) is 11.5 Å². The van der Waals surface area contributed by atoms with Gasteiger partial charge in [-0.1, -0.05) is 44.9 Å². The lowest BCUT2D eigenvalue weighted by Gasteiger charge is -2.26. The van der Waals surface area contributed by atoms with E-state index < -0.39 is 17.7 Å². The third kappa shape index (κ3) is 7.53. The van der Waals surface area contributed by atoms with Gasteiger partial charge in [-0.15, -0.1) is 0 Å². The van der Waals surface area contributed by atoms with Gasteiger partial charge >= 0.3 is 0 Å². The lowest BCUT2D eigenvalue weighted by molar-refractivity contribution is -0.139. The van der Waals surface area contributed by atoms with Crippen LogP contribution in [0.15, 0.2) is 48.0 Å². The molecule has 1 atom stereocenters. The zero-order chi connectivity index (χ0) is 28.4. The number of aliphatic hydroxyl groups excluding tert-OH is 1. The average molecular weight is 539 g/mol. The fourth-order valence-corrected chi connectivity index (χ4v) is 4.63. The minimum Gasteiger partial charge on any atom is -0.507 e. The van der Waals surface area contributed by atoms with Gasteiger partial charge in [-0.25, -0.2) is 0 Å². The van der Waals surface area contributed by atoms with E-state index in [4.69, 9.17) is 14.2 Å². The number of methoxy groups -OCH3 is 1. The van der Waals surface area contributed by atoms with Crippen molar-refractivity contribution >= 4 is 17.4 Å². The molecule has 0 bridgehead atoms.